The van der Waals surface area contributed by atoms with Gasteiger partial charge in [0, 0.05) is 49.8 Å². The van der Waals surface area contributed by atoms with Gasteiger partial charge < -0.3 is 9.47 Å². The minimum atomic E-state index is -0.0468. The van der Waals surface area contributed by atoms with Crippen molar-refractivity contribution < 1.29 is 4.79 Å². The smallest absolute Gasteiger partial charge is 0.250 e. The van der Waals surface area contributed by atoms with Crippen LogP contribution in [0.5, 0.6) is 0 Å². The van der Waals surface area contributed by atoms with E-state index < -0.39 is 0 Å². The van der Waals surface area contributed by atoms with E-state index in [1.807, 2.05) is 22.7 Å². The number of amides is 1. The monoisotopic (exact) mass is 252 g/mol. The van der Waals surface area contributed by atoms with E-state index in [1.54, 1.807) is 16.8 Å². The number of carbonyl (C=O) groups excluding carboxylic acids is 1. The first-order chi connectivity index (χ1) is 8.27. The van der Waals surface area contributed by atoms with Gasteiger partial charge in [0.1, 0.15) is 0 Å². The first-order valence-electron chi connectivity index (χ1n) is 5.78. The molecule has 92 valence electrons. The minimum absolute atomic E-state index is 0.0468. The van der Waals surface area contributed by atoms with Crippen LogP contribution in [0.1, 0.15) is 6.42 Å². The van der Waals surface area contributed by atoms with E-state index in [0.29, 0.717) is 13.0 Å². The molecule has 0 N–H and O–H groups in total. The molecule has 0 atom stereocenters. The van der Waals surface area contributed by atoms with E-state index in [4.69, 9.17) is 0 Å². The first kappa shape index (κ1) is 12.2. The Kier molecular flexibility index (Phi) is 4.25. The van der Waals surface area contributed by atoms with Crippen LogP contribution < -0.4 is 5.56 Å². The number of pyridine rings is 1. The quantitative estimate of drug-likeness (QED) is 0.799. The summed E-state index contributed by atoms with van der Waals surface area (Å²) >= 11 is 1.88. The Morgan fingerprint density at radius 1 is 1.29 bits per heavy atom. The van der Waals surface area contributed by atoms with Gasteiger partial charge in [-0.05, 0) is 6.07 Å². The second-order valence-corrected chi connectivity index (χ2v) is 5.20. The van der Waals surface area contributed by atoms with Gasteiger partial charge in [-0.25, -0.2) is 0 Å². The molecule has 0 bridgehead atoms. The highest BCUT2D eigenvalue weighted by molar-refractivity contribution is 7.99. The number of hydrogen-bond donors (Lipinski definition) is 0. The maximum Gasteiger partial charge on any atom is 0.250 e. The molecule has 0 aromatic carbocycles. The second kappa shape index (κ2) is 5.91. The molecule has 5 heteroatoms. The summed E-state index contributed by atoms with van der Waals surface area (Å²) in [4.78, 5) is 25.2. The zero-order chi connectivity index (χ0) is 12.1. The van der Waals surface area contributed by atoms with Crippen molar-refractivity contribution in [1.82, 2.24) is 9.47 Å². The van der Waals surface area contributed by atoms with Gasteiger partial charge in [0.15, 0.2) is 0 Å². The summed E-state index contributed by atoms with van der Waals surface area (Å²) in [6, 6.07) is 5.04. The van der Waals surface area contributed by atoms with E-state index in [2.05, 4.69) is 0 Å². The van der Waals surface area contributed by atoms with Crippen LogP contribution in [0.25, 0.3) is 0 Å². The molecule has 0 spiro atoms. The number of thioether (sulfide) groups is 1. The van der Waals surface area contributed by atoms with Crippen molar-refractivity contribution in [3.8, 4) is 0 Å². The predicted octanol–water partition coefficient (Wildman–Crippen LogP) is 0.814. The van der Waals surface area contributed by atoms with Crippen molar-refractivity contribution in [2.45, 2.75) is 13.0 Å². The van der Waals surface area contributed by atoms with Crippen molar-refractivity contribution in [3.05, 3.63) is 34.7 Å². The van der Waals surface area contributed by atoms with E-state index in [1.165, 1.54) is 6.07 Å². The maximum atomic E-state index is 11.9. The third-order valence-corrected chi connectivity index (χ3v) is 3.77. The minimum Gasteiger partial charge on any atom is -0.341 e. The number of nitrogens with zero attached hydrogens (tertiary/aromatic N) is 2. The van der Waals surface area contributed by atoms with Crippen LogP contribution in [0.3, 0.4) is 0 Å². The molecule has 1 aliphatic heterocycles. The molecule has 0 radical (unpaired) electrons. The Morgan fingerprint density at radius 3 is 2.76 bits per heavy atom. The molecular weight excluding hydrogens is 236 g/mol. The fourth-order valence-electron chi connectivity index (χ4n) is 1.83. The standard InChI is InChI=1S/C12H16N2O2S/c15-11-3-1-2-5-13(11)6-4-12(16)14-7-9-17-10-8-14/h1-3,5H,4,6-10H2. The number of aromatic nitrogens is 1. The summed E-state index contributed by atoms with van der Waals surface area (Å²) in [7, 11) is 0. The summed E-state index contributed by atoms with van der Waals surface area (Å²) in [5, 5.41) is 0. The summed E-state index contributed by atoms with van der Waals surface area (Å²) < 4.78 is 1.58. The van der Waals surface area contributed by atoms with Crippen molar-refractivity contribution in [1.29, 1.82) is 0 Å². The summed E-state index contributed by atoms with van der Waals surface area (Å²) in [5.41, 5.74) is -0.0468. The van der Waals surface area contributed by atoms with Crippen LogP contribution in [-0.2, 0) is 11.3 Å². The van der Waals surface area contributed by atoms with Crippen molar-refractivity contribution in [2.24, 2.45) is 0 Å². The molecular formula is C12H16N2O2S. The van der Waals surface area contributed by atoms with Crippen LogP contribution in [-0.4, -0.2) is 40.0 Å². The molecule has 1 saturated heterocycles. The SMILES string of the molecule is O=C(CCn1ccccc1=O)N1CCSCC1. The third-order valence-electron chi connectivity index (χ3n) is 2.83. The number of carbonyl (C=O) groups is 1. The Morgan fingerprint density at radius 2 is 2.06 bits per heavy atom. The fourth-order valence-corrected chi connectivity index (χ4v) is 2.74. The average molecular weight is 252 g/mol. The molecule has 0 aliphatic carbocycles. The van der Waals surface area contributed by atoms with Crippen molar-refractivity contribution in [2.75, 3.05) is 24.6 Å². The van der Waals surface area contributed by atoms with E-state index in [0.717, 1.165) is 24.6 Å². The summed E-state index contributed by atoms with van der Waals surface area (Å²) in [6.07, 6.45) is 2.14. The highest BCUT2D eigenvalue weighted by atomic mass is 32.2. The van der Waals surface area contributed by atoms with Gasteiger partial charge in [-0.1, -0.05) is 6.07 Å². The molecule has 4 nitrogen and oxygen atoms in total. The van der Waals surface area contributed by atoms with E-state index in [9.17, 15) is 9.59 Å². The zero-order valence-electron chi connectivity index (χ0n) is 9.67. The summed E-state index contributed by atoms with van der Waals surface area (Å²) in [5.74, 6) is 2.20. The predicted molar refractivity (Wildman–Crippen MR) is 69.2 cm³/mol. The van der Waals surface area contributed by atoms with Gasteiger partial charge in [-0.3, -0.25) is 9.59 Å². The van der Waals surface area contributed by atoms with E-state index >= 15 is 0 Å². The van der Waals surface area contributed by atoms with E-state index in [-0.39, 0.29) is 11.5 Å². The Hall–Kier alpha value is -1.23. The Balaban J connectivity index is 1.87. The van der Waals surface area contributed by atoms with Crippen LogP contribution in [0.4, 0.5) is 0 Å². The lowest BCUT2D eigenvalue weighted by atomic mass is 10.3. The van der Waals surface area contributed by atoms with Gasteiger partial charge in [-0.15, -0.1) is 0 Å². The molecule has 1 aromatic heterocycles. The molecule has 1 amide bonds. The van der Waals surface area contributed by atoms with Crippen LogP contribution >= 0.6 is 11.8 Å². The molecule has 1 aromatic rings. The third kappa shape index (κ3) is 3.36. The van der Waals surface area contributed by atoms with Crippen LogP contribution in [0.15, 0.2) is 29.2 Å². The van der Waals surface area contributed by atoms with Gasteiger partial charge >= 0.3 is 0 Å². The molecule has 2 heterocycles. The molecule has 17 heavy (non-hydrogen) atoms. The Bertz CT molecular complexity index is 438. The highest BCUT2D eigenvalue weighted by Gasteiger charge is 2.16. The normalized spacial score (nSPS) is 15.9. The lowest BCUT2D eigenvalue weighted by molar-refractivity contribution is -0.131. The van der Waals surface area contributed by atoms with Gasteiger partial charge in [0.25, 0.3) is 5.56 Å². The molecule has 2 rings (SSSR count). The number of aryl methyl sites for hydroxylation is 1. The van der Waals surface area contributed by atoms with Gasteiger partial charge in [-0.2, -0.15) is 11.8 Å². The molecule has 1 fully saturated rings. The molecule has 0 saturated carbocycles. The molecule has 0 unspecified atom stereocenters. The summed E-state index contributed by atoms with van der Waals surface area (Å²) in [6.45, 7) is 2.16. The lowest BCUT2D eigenvalue weighted by Crippen LogP contribution is -2.38. The van der Waals surface area contributed by atoms with Gasteiger partial charge in [0.05, 0.1) is 0 Å². The molecule has 1 aliphatic rings. The van der Waals surface area contributed by atoms with Crippen molar-refractivity contribution in [3.63, 3.8) is 0 Å². The zero-order valence-corrected chi connectivity index (χ0v) is 10.5. The second-order valence-electron chi connectivity index (χ2n) is 3.98. The maximum absolute atomic E-state index is 11.9. The lowest BCUT2D eigenvalue weighted by Gasteiger charge is -2.26. The van der Waals surface area contributed by atoms with Gasteiger partial charge in [0.2, 0.25) is 5.91 Å². The Labute approximate surface area is 105 Å². The highest BCUT2D eigenvalue weighted by Crippen LogP contribution is 2.10. The van der Waals surface area contributed by atoms with Crippen LogP contribution in [0, 0.1) is 0 Å². The fraction of sp³-hybridized carbons (Fsp3) is 0.500. The number of hydrogen-bond acceptors (Lipinski definition) is 3. The average Bonchev–Trinajstić information content (AvgIpc) is 2.38. The number of rotatable bonds is 3. The van der Waals surface area contributed by atoms with Crippen molar-refractivity contribution >= 4 is 17.7 Å². The first-order valence-corrected chi connectivity index (χ1v) is 6.94. The largest absolute Gasteiger partial charge is 0.341 e. The topological polar surface area (TPSA) is 42.3 Å². The van der Waals surface area contributed by atoms with Crippen LogP contribution in [0.2, 0.25) is 0 Å².